The predicted octanol–water partition coefficient (Wildman–Crippen LogP) is 0.294. The molecule has 0 aliphatic rings. The molecule has 1 heterocycles. The summed E-state index contributed by atoms with van der Waals surface area (Å²) in [6, 6.07) is 1.63. The number of carbonyl (C=O) groups excluding carboxylic acids is 1. The number of hydrogen-bond acceptors (Lipinski definition) is 3. The number of nitrogens with zero attached hydrogens (tertiary/aromatic N) is 2. The largest absolute Gasteiger partial charge is 0.381 e. The molecule has 0 spiro atoms. The van der Waals surface area contributed by atoms with E-state index in [1.54, 1.807) is 6.07 Å². The molecule has 0 bridgehead atoms. The zero-order chi connectivity index (χ0) is 8.48. The first-order valence-electron chi connectivity index (χ1n) is 3.28. The minimum atomic E-state index is -1.36. The maximum absolute atomic E-state index is 11.2. The van der Waals surface area contributed by atoms with Gasteiger partial charge >= 0.3 is 0 Å². The molecule has 1 aromatic heterocycles. The molecule has 4 heteroatoms. The Morgan fingerprint density at radius 2 is 2.27 bits per heavy atom. The first-order chi connectivity index (χ1) is 5.02. The summed E-state index contributed by atoms with van der Waals surface area (Å²) in [5.74, 6) is -0.428. The molecular weight excluding hydrogens is 144 g/mol. The number of aromatic nitrogens is 2. The summed E-state index contributed by atoms with van der Waals surface area (Å²) < 4.78 is 1.11. The number of hydrogen-bond donors (Lipinski definition) is 1. The third-order valence-electron chi connectivity index (χ3n) is 1.24. The first-order valence-corrected chi connectivity index (χ1v) is 3.28. The van der Waals surface area contributed by atoms with Gasteiger partial charge in [0.15, 0.2) is 0 Å². The molecule has 11 heavy (non-hydrogen) atoms. The van der Waals surface area contributed by atoms with Crippen molar-refractivity contribution >= 4 is 5.91 Å². The average molecular weight is 154 g/mol. The quantitative estimate of drug-likeness (QED) is 0.632. The van der Waals surface area contributed by atoms with Crippen molar-refractivity contribution in [1.29, 1.82) is 0 Å². The highest BCUT2D eigenvalue weighted by atomic mass is 16.3. The van der Waals surface area contributed by atoms with Crippen LogP contribution in [0.2, 0.25) is 0 Å². The third kappa shape index (κ3) is 1.65. The summed E-state index contributed by atoms with van der Waals surface area (Å²) in [5, 5.41) is 12.9. The van der Waals surface area contributed by atoms with E-state index in [1.807, 2.05) is 0 Å². The lowest BCUT2D eigenvalue weighted by molar-refractivity contribution is 0.0374. The van der Waals surface area contributed by atoms with Crippen LogP contribution in [0.4, 0.5) is 0 Å². The zero-order valence-corrected chi connectivity index (χ0v) is 6.48. The van der Waals surface area contributed by atoms with Gasteiger partial charge in [0.2, 0.25) is 0 Å². The maximum Gasteiger partial charge on any atom is 0.278 e. The Bertz CT molecular complexity index is 246. The van der Waals surface area contributed by atoms with Crippen LogP contribution in [0, 0.1) is 0 Å². The van der Waals surface area contributed by atoms with Gasteiger partial charge in [-0.25, -0.2) is 4.68 Å². The van der Waals surface area contributed by atoms with E-state index in [4.69, 9.17) is 0 Å². The molecule has 1 aromatic rings. The molecular formula is C7H10N2O2. The molecule has 0 aliphatic heterocycles. The van der Waals surface area contributed by atoms with Crippen LogP contribution >= 0.6 is 0 Å². The van der Waals surface area contributed by atoms with Crippen LogP contribution in [0.3, 0.4) is 0 Å². The van der Waals surface area contributed by atoms with Crippen molar-refractivity contribution < 1.29 is 9.90 Å². The normalized spacial score (nSPS) is 11.5. The molecule has 0 amide bonds. The molecule has 0 unspecified atom stereocenters. The summed E-state index contributed by atoms with van der Waals surface area (Å²) in [6.07, 6.45) is 2.99. The second-order valence-electron chi connectivity index (χ2n) is 2.81. The minimum absolute atomic E-state index is 0.428. The number of aliphatic hydroxyl groups is 1. The summed E-state index contributed by atoms with van der Waals surface area (Å²) in [4.78, 5) is 11.2. The Hall–Kier alpha value is -1.16. The van der Waals surface area contributed by atoms with Gasteiger partial charge in [-0.1, -0.05) is 0 Å². The van der Waals surface area contributed by atoms with Crippen molar-refractivity contribution in [3.05, 3.63) is 18.5 Å². The Morgan fingerprint density at radius 3 is 2.64 bits per heavy atom. The summed E-state index contributed by atoms with van der Waals surface area (Å²) in [5.41, 5.74) is -1.36. The Morgan fingerprint density at radius 1 is 1.64 bits per heavy atom. The van der Waals surface area contributed by atoms with Crippen LogP contribution in [0.25, 0.3) is 0 Å². The van der Waals surface area contributed by atoms with Crippen molar-refractivity contribution in [3.8, 4) is 0 Å². The van der Waals surface area contributed by atoms with Crippen molar-refractivity contribution in [2.45, 2.75) is 19.4 Å². The molecule has 0 atom stereocenters. The lowest BCUT2D eigenvalue weighted by Crippen LogP contribution is -2.36. The summed E-state index contributed by atoms with van der Waals surface area (Å²) in [7, 11) is 0. The number of carbonyl (C=O) groups is 1. The van der Waals surface area contributed by atoms with Gasteiger partial charge in [-0.05, 0) is 19.9 Å². The van der Waals surface area contributed by atoms with Crippen molar-refractivity contribution in [2.24, 2.45) is 0 Å². The van der Waals surface area contributed by atoms with Crippen LogP contribution in [0.15, 0.2) is 18.5 Å². The number of rotatable bonds is 1. The molecule has 0 saturated carbocycles. The van der Waals surface area contributed by atoms with Crippen LogP contribution in [0.1, 0.15) is 18.6 Å². The lowest BCUT2D eigenvalue weighted by atomic mass is 10.1. The lowest BCUT2D eigenvalue weighted by Gasteiger charge is -2.14. The fourth-order valence-corrected chi connectivity index (χ4v) is 0.669. The van der Waals surface area contributed by atoms with Crippen molar-refractivity contribution in [3.63, 3.8) is 0 Å². The van der Waals surface area contributed by atoms with Crippen molar-refractivity contribution in [2.75, 3.05) is 0 Å². The van der Waals surface area contributed by atoms with E-state index in [9.17, 15) is 9.90 Å². The Kier molecular flexibility index (Phi) is 1.78. The molecule has 0 radical (unpaired) electrons. The molecule has 4 nitrogen and oxygen atoms in total. The molecule has 60 valence electrons. The van der Waals surface area contributed by atoms with Crippen LogP contribution < -0.4 is 0 Å². The van der Waals surface area contributed by atoms with Gasteiger partial charge < -0.3 is 5.11 Å². The summed E-state index contributed by atoms with van der Waals surface area (Å²) >= 11 is 0. The van der Waals surface area contributed by atoms with E-state index in [0.717, 1.165) is 4.68 Å². The standard InChI is InChI=1S/C7H10N2O2/c1-7(2,11)6(10)9-5-3-4-8-9/h3-5,11H,1-2H3. The fourth-order valence-electron chi connectivity index (χ4n) is 0.669. The van der Waals surface area contributed by atoms with Crippen LogP contribution in [-0.4, -0.2) is 26.4 Å². The van der Waals surface area contributed by atoms with E-state index < -0.39 is 11.5 Å². The minimum Gasteiger partial charge on any atom is -0.381 e. The zero-order valence-electron chi connectivity index (χ0n) is 6.48. The Labute approximate surface area is 64.5 Å². The van der Waals surface area contributed by atoms with E-state index in [0.29, 0.717) is 0 Å². The van der Waals surface area contributed by atoms with Gasteiger partial charge in [-0.15, -0.1) is 0 Å². The molecule has 0 aromatic carbocycles. The monoisotopic (exact) mass is 154 g/mol. The van der Waals surface area contributed by atoms with E-state index in [2.05, 4.69) is 5.10 Å². The molecule has 1 rings (SSSR count). The molecule has 0 fully saturated rings. The fraction of sp³-hybridized carbons (Fsp3) is 0.429. The average Bonchev–Trinajstić information content (AvgIpc) is 2.34. The van der Waals surface area contributed by atoms with Crippen molar-refractivity contribution in [1.82, 2.24) is 9.78 Å². The molecule has 0 aliphatic carbocycles. The van der Waals surface area contributed by atoms with Crippen LogP contribution in [-0.2, 0) is 0 Å². The van der Waals surface area contributed by atoms with E-state index in [-0.39, 0.29) is 0 Å². The SMILES string of the molecule is CC(C)(O)C(=O)n1cccn1. The maximum atomic E-state index is 11.2. The van der Waals surface area contributed by atoms with E-state index in [1.165, 1.54) is 26.2 Å². The highest BCUT2D eigenvalue weighted by Gasteiger charge is 2.25. The van der Waals surface area contributed by atoms with Gasteiger partial charge in [-0.3, -0.25) is 4.79 Å². The predicted molar refractivity (Wildman–Crippen MR) is 39.2 cm³/mol. The highest BCUT2D eigenvalue weighted by molar-refractivity contribution is 5.85. The second kappa shape index (κ2) is 2.47. The summed E-state index contributed by atoms with van der Waals surface area (Å²) in [6.45, 7) is 2.86. The van der Waals surface area contributed by atoms with Crippen LogP contribution in [0.5, 0.6) is 0 Å². The van der Waals surface area contributed by atoms with Gasteiger partial charge in [0, 0.05) is 12.4 Å². The second-order valence-corrected chi connectivity index (χ2v) is 2.81. The van der Waals surface area contributed by atoms with Gasteiger partial charge in [0.1, 0.15) is 5.60 Å². The third-order valence-corrected chi connectivity index (χ3v) is 1.24. The molecule has 1 N–H and O–H groups in total. The Balaban J connectivity index is 2.88. The smallest absolute Gasteiger partial charge is 0.278 e. The molecule has 0 saturated heterocycles. The highest BCUT2D eigenvalue weighted by Crippen LogP contribution is 2.03. The topological polar surface area (TPSA) is 55.1 Å². The first kappa shape index (κ1) is 7.94. The van der Waals surface area contributed by atoms with Gasteiger partial charge in [0.05, 0.1) is 0 Å². The van der Waals surface area contributed by atoms with Gasteiger partial charge in [0.25, 0.3) is 5.91 Å². The van der Waals surface area contributed by atoms with Gasteiger partial charge in [-0.2, -0.15) is 5.10 Å². The van der Waals surface area contributed by atoms with E-state index >= 15 is 0 Å².